The molecule has 0 heterocycles. The summed E-state index contributed by atoms with van der Waals surface area (Å²) >= 11 is 0. The maximum absolute atomic E-state index is 11.8. The van der Waals surface area contributed by atoms with E-state index < -0.39 is 0 Å². The number of allylic oxidation sites excluding steroid dienone is 1. The van der Waals surface area contributed by atoms with Crippen LogP contribution >= 0.6 is 0 Å². The topological polar surface area (TPSA) is 57.5 Å². The highest BCUT2D eigenvalue weighted by atomic mass is 16.3. The van der Waals surface area contributed by atoms with Gasteiger partial charge in [-0.15, -0.1) is 0 Å². The van der Waals surface area contributed by atoms with E-state index in [2.05, 4.69) is 0 Å². The summed E-state index contributed by atoms with van der Waals surface area (Å²) in [6, 6.07) is 14.5. The summed E-state index contributed by atoms with van der Waals surface area (Å²) in [5.74, 6) is 0.316. The number of phenolic OH excluding ortho intramolecular Hbond substituents is 1. The number of phenols is 1. The zero-order valence-electron chi connectivity index (χ0n) is 12.4. The molecule has 0 aliphatic heterocycles. The van der Waals surface area contributed by atoms with Gasteiger partial charge in [0.15, 0.2) is 5.78 Å². The van der Waals surface area contributed by atoms with Gasteiger partial charge in [-0.05, 0) is 47.7 Å². The SMILES string of the molecule is O=C(/C=C/c1ccc(O)cc1)CCCc1ccc(CO)cc1. The monoisotopic (exact) mass is 296 g/mol. The highest BCUT2D eigenvalue weighted by Gasteiger charge is 1.99. The molecule has 0 unspecified atom stereocenters. The average molecular weight is 296 g/mol. The minimum absolute atomic E-state index is 0.0564. The maximum Gasteiger partial charge on any atom is 0.155 e. The minimum Gasteiger partial charge on any atom is -0.508 e. The van der Waals surface area contributed by atoms with Crippen molar-refractivity contribution in [2.75, 3.05) is 0 Å². The lowest BCUT2D eigenvalue weighted by atomic mass is 10.0. The van der Waals surface area contributed by atoms with Crippen molar-refractivity contribution in [3.8, 4) is 5.75 Å². The van der Waals surface area contributed by atoms with Gasteiger partial charge in [-0.1, -0.05) is 42.5 Å². The molecule has 2 aromatic rings. The number of hydrogen-bond acceptors (Lipinski definition) is 3. The van der Waals surface area contributed by atoms with Gasteiger partial charge in [0.25, 0.3) is 0 Å². The lowest BCUT2D eigenvalue weighted by molar-refractivity contribution is -0.114. The predicted molar refractivity (Wildman–Crippen MR) is 87.5 cm³/mol. The predicted octanol–water partition coefficient (Wildman–Crippen LogP) is 3.49. The van der Waals surface area contributed by atoms with Crippen molar-refractivity contribution in [3.05, 3.63) is 71.3 Å². The van der Waals surface area contributed by atoms with Gasteiger partial charge in [-0.25, -0.2) is 0 Å². The number of hydrogen-bond donors (Lipinski definition) is 2. The largest absolute Gasteiger partial charge is 0.508 e. The first-order valence-corrected chi connectivity index (χ1v) is 7.36. The van der Waals surface area contributed by atoms with Crippen molar-refractivity contribution in [2.24, 2.45) is 0 Å². The van der Waals surface area contributed by atoms with Crippen molar-refractivity contribution < 1.29 is 15.0 Å². The molecule has 0 saturated heterocycles. The molecule has 0 atom stereocenters. The highest BCUT2D eigenvalue weighted by molar-refractivity contribution is 5.93. The number of ketones is 1. The van der Waals surface area contributed by atoms with Crippen LogP contribution in [0, 0.1) is 0 Å². The molecule has 2 N–H and O–H groups in total. The molecular weight excluding hydrogens is 276 g/mol. The van der Waals surface area contributed by atoms with E-state index in [4.69, 9.17) is 5.11 Å². The number of carbonyl (C=O) groups excluding carboxylic acids is 1. The van der Waals surface area contributed by atoms with Gasteiger partial charge in [0.1, 0.15) is 5.75 Å². The molecule has 114 valence electrons. The Morgan fingerprint density at radius 2 is 1.59 bits per heavy atom. The zero-order chi connectivity index (χ0) is 15.8. The molecule has 0 fully saturated rings. The smallest absolute Gasteiger partial charge is 0.155 e. The summed E-state index contributed by atoms with van der Waals surface area (Å²) in [4.78, 5) is 11.8. The van der Waals surface area contributed by atoms with Crippen LogP contribution in [-0.2, 0) is 17.8 Å². The van der Waals surface area contributed by atoms with Crippen molar-refractivity contribution in [1.29, 1.82) is 0 Å². The Morgan fingerprint density at radius 3 is 2.23 bits per heavy atom. The van der Waals surface area contributed by atoms with E-state index in [0.29, 0.717) is 6.42 Å². The maximum atomic E-state index is 11.8. The number of benzene rings is 2. The normalized spacial score (nSPS) is 11.0. The minimum atomic E-state index is 0.0564. The second-order valence-electron chi connectivity index (χ2n) is 5.22. The van der Waals surface area contributed by atoms with Crippen LogP contribution in [0.15, 0.2) is 54.6 Å². The molecule has 0 bridgehead atoms. The average Bonchev–Trinajstić information content (AvgIpc) is 2.55. The molecule has 0 radical (unpaired) electrons. The van der Waals surface area contributed by atoms with Crippen molar-refractivity contribution >= 4 is 11.9 Å². The van der Waals surface area contributed by atoms with Gasteiger partial charge in [-0.3, -0.25) is 4.79 Å². The van der Waals surface area contributed by atoms with E-state index in [1.54, 1.807) is 36.4 Å². The fraction of sp³-hybridized carbons (Fsp3) is 0.211. The summed E-state index contributed by atoms with van der Waals surface area (Å²) in [5.41, 5.74) is 2.97. The third-order valence-electron chi connectivity index (χ3n) is 3.45. The molecule has 2 rings (SSSR count). The van der Waals surface area contributed by atoms with Crippen molar-refractivity contribution in [3.63, 3.8) is 0 Å². The summed E-state index contributed by atoms with van der Waals surface area (Å²) in [5, 5.41) is 18.2. The summed E-state index contributed by atoms with van der Waals surface area (Å²) in [7, 11) is 0. The van der Waals surface area contributed by atoms with Gasteiger partial charge in [0, 0.05) is 6.42 Å². The lowest BCUT2D eigenvalue weighted by Gasteiger charge is -2.01. The lowest BCUT2D eigenvalue weighted by Crippen LogP contribution is -1.95. The summed E-state index contributed by atoms with van der Waals surface area (Å²) in [6.45, 7) is 0.0564. The third-order valence-corrected chi connectivity index (χ3v) is 3.45. The molecule has 0 amide bonds. The molecule has 2 aromatic carbocycles. The van der Waals surface area contributed by atoms with Crippen LogP contribution in [-0.4, -0.2) is 16.0 Å². The van der Waals surface area contributed by atoms with Gasteiger partial charge < -0.3 is 10.2 Å². The fourth-order valence-electron chi connectivity index (χ4n) is 2.14. The van der Waals surface area contributed by atoms with Crippen LogP contribution in [0.5, 0.6) is 5.75 Å². The molecule has 0 spiro atoms. The molecule has 3 nitrogen and oxygen atoms in total. The van der Waals surface area contributed by atoms with E-state index in [1.165, 1.54) is 5.56 Å². The van der Waals surface area contributed by atoms with Crippen LogP contribution in [0.1, 0.15) is 29.5 Å². The number of aliphatic hydroxyl groups excluding tert-OH is 1. The summed E-state index contributed by atoms with van der Waals surface area (Å²) < 4.78 is 0. The zero-order valence-corrected chi connectivity index (χ0v) is 12.4. The first-order chi connectivity index (χ1) is 10.7. The molecular formula is C19H20O3. The van der Waals surface area contributed by atoms with E-state index in [-0.39, 0.29) is 18.1 Å². The quantitative estimate of drug-likeness (QED) is 0.769. The Kier molecular flexibility index (Phi) is 5.92. The van der Waals surface area contributed by atoms with E-state index in [1.807, 2.05) is 24.3 Å². The molecule has 3 heteroatoms. The van der Waals surface area contributed by atoms with Crippen LogP contribution in [0.3, 0.4) is 0 Å². The summed E-state index contributed by atoms with van der Waals surface area (Å²) in [6.07, 6.45) is 5.51. The van der Waals surface area contributed by atoms with Crippen LogP contribution < -0.4 is 0 Å². The first-order valence-electron chi connectivity index (χ1n) is 7.36. The highest BCUT2D eigenvalue weighted by Crippen LogP contribution is 2.12. The first kappa shape index (κ1) is 16.0. The van der Waals surface area contributed by atoms with E-state index >= 15 is 0 Å². The number of rotatable bonds is 7. The molecule has 0 aliphatic rings. The van der Waals surface area contributed by atoms with E-state index in [0.717, 1.165) is 24.0 Å². The van der Waals surface area contributed by atoms with Gasteiger partial charge in [0.05, 0.1) is 6.61 Å². The van der Waals surface area contributed by atoms with Gasteiger partial charge >= 0.3 is 0 Å². The second-order valence-corrected chi connectivity index (χ2v) is 5.22. The number of aryl methyl sites for hydroxylation is 1. The van der Waals surface area contributed by atoms with Crippen LogP contribution in [0.2, 0.25) is 0 Å². The number of aromatic hydroxyl groups is 1. The third kappa shape index (κ3) is 5.19. The van der Waals surface area contributed by atoms with Crippen LogP contribution in [0.4, 0.5) is 0 Å². The van der Waals surface area contributed by atoms with E-state index in [9.17, 15) is 9.90 Å². The molecule has 0 aliphatic carbocycles. The van der Waals surface area contributed by atoms with Crippen LogP contribution in [0.25, 0.3) is 6.08 Å². The van der Waals surface area contributed by atoms with Crippen molar-refractivity contribution in [2.45, 2.75) is 25.9 Å². The Bertz CT molecular complexity index is 625. The Labute approximate surface area is 130 Å². The second kappa shape index (κ2) is 8.15. The van der Waals surface area contributed by atoms with Crippen molar-refractivity contribution in [1.82, 2.24) is 0 Å². The molecule has 22 heavy (non-hydrogen) atoms. The Balaban J connectivity index is 1.76. The number of aliphatic hydroxyl groups is 1. The van der Waals surface area contributed by atoms with Gasteiger partial charge in [-0.2, -0.15) is 0 Å². The Hall–Kier alpha value is -2.39. The standard InChI is InChI=1S/C19H20O3/c20-14-17-6-4-15(5-7-17)2-1-3-18(21)11-8-16-9-12-19(22)13-10-16/h4-13,20,22H,1-3,14H2/b11-8+. The Morgan fingerprint density at radius 1 is 0.955 bits per heavy atom. The molecule has 0 saturated carbocycles. The molecule has 0 aromatic heterocycles. The van der Waals surface area contributed by atoms with Gasteiger partial charge in [0.2, 0.25) is 0 Å². The number of carbonyl (C=O) groups is 1. The fourth-order valence-corrected chi connectivity index (χ4v) is 2.14.